The van der Waals surface area contributed by atoms with Gasteiger partial charge in [-0.1, -0.05) is 104 Å². The topological polar surface area (TPSA) is 33.3 Å². The van der Waals surface area contributed by atoms with Crippen LogP contribution in [-0.2, 0) is 4.84 Å². The Kier molecular flexibility index (Phi) is 21.8. The second kappa shape index (κ2) is 21.9. The highest BCUT2D eigenvalue weighted by atomic mass is 16.7. The molecule has 3 nitrogen and oxygen atoms in total. The van der Waals surface area contributed by atoms with Crippen LogP contribution in [-0.4, -0.2) is 13.2 Å². The first-order valence-corrected chi connectivity index (χ1v) is 10.5. The first kappa shape index (κ1) is 22.9. The molecule has 140 valence electrons. The van der Waals surface area contributed by atoms with Crippen LogP contribution in [0.2, 0.25) is 0 Å². The van der Waals surface area contributed by atoms with Gasteiger partial charge in [-0.3, -0.25) is 4.84 Å². The normalized spacial score (nSPS) is 11.2. The molecule has 3 heteroatoms. The Hall–Kier alpha value is -0.120. The smallest absolute Gasteiger partial charge is 0.0698 e. The number of hydrazine groups is 1. The van der Waals surface area contributed by atoms with Gasteiger partial charge in [-0.25, -0.2) is 5.43 Å². The summed E-state index contributed by atoms with van der Waals surface area (Å²) in [6, 6.07) is 0. The summed E-state index contributed by atoms with van der Waals surface area (Å²) < 4.78 is 0. The predicted molar refractivity (Wildman–Crippen MR) is 102 cm³/mol. The van der Waals surface area contributed by atoms with Gasteiger partial charge in [-0.2, -0.15) is 0 Å². The Balaban J connectivity index is 2.92. The van der Waals surface area contributed by atoms with Gasteiger partial charge in [0.2, 0.25) is 0 Å². The maximum Gasteiger partial charge on any atom is 0.0698 e. The lowest BCUT2D eigenvalue weighted by Crippen LogP contribution is -2.32. The van der Waals surface area contributed by atoms with E-state index in [1.807, 2.05) is 0 Å². The third kappa shape index (κ3) is 21.9. The quantitative estimate of drug-likeness (QED) is 0.203. The molecule has 0 atom stereocenters. The molecule has 0 aromatic heterocycles. The Labute approximate surface area is 146 Å². The summed E-state index contributed by atoms with van der Waals surface area (Å²) in [5.74, 6) is 0. The van der Waals surface area contributed by atoms with Crippen LogP contribution in [0.25, 0.3) is 0 Å². The maximum atomic E-state index is 5.39. The van der Waals surface area contributed by atoms with E-state index < -0.39 is 0 Å². The van der Waals surface area contributed by atoms with Gasteiger partial charge in [0.15, 0.2) is 0 Å². The predicted octanol–water partition coefficient (Wildman–Crippen LogP) is 6.29. The average Bonchev–Trinajstić information content (AvgIpc) is 2.57. The third-order valence-corrected chi connectivity index (χ3v) is 4.40. The molecule has 0 rings (SSSR count). The zero-order valence-electron chi connectivity index (χ0n) is 16.1. The summed E-state index contributed by atoms with van der Waals surface area (Å²) >= 11 is 0. The van der Waals surface area contributed by atoms with E-state index in [9.17, 15) is 0 Å². The molecule has 0 bridgehead atoms. The van der Waals surface area contributed by atoms with Gasteiger partial charge in [0, 0.05) is 6.54 Å². The number of hydrogen-bond acceptors (Lipinski definition) is 3. The zero-order valence-corrected chi connectivity index (χ0v) is 16.1. The minimum absolute atomic E-state index is 0.819. The van der Waals surface area contributed by atoms with Crippen molar-refractivity contribution >= 4 is 0 Å². The Morgan fingerprint density at radius 3 is 1.48 bits per heavy atom. The first-order chi connectivity index (χ1) is 11.4. The average molecular weight is 329 g/mol. The standard InChI is InChI=1S/C20H44N2O/c1-3-5-7-9-11-13-15-17-19-21-22-23-20-18-16-14-12-10-8-6-4-2/h21-22H,3-20H2,1-2H3. The number of hydrogen-bond donors (Lipinski definition) is 2. The highest BCUT2D eigenvalue weighted by Crippen LogP contribution is 2.08. The Morgan fingerprint density at radius 1 is 0.522 bits per heavy atom. The fourth-order valence-electron chi connectivity index (χ4n) is 2.81. The van der Waals surface area contributed by atoms with Gasteiger partial charge in [-0.15, -0.1) is 5.59 Å². The second-order valence-corrected chi connectivity index (χ2v) is 6.83. The van der Waals surface area contributed by atoms with Gasteiger partial charge in [0.05, 0.1) is 6.61 Å². The molecule has 0 amide bonds. The van der Waals surface area contributed by atoms with Crippen LogP contribution in [0.3, 0.4) is 0 Å². The fraction of sp³-hybridized carbons (Fsp3) is 1.00. The van der Waals surface area contributed by atoms with E-state index >= 15 is 0 Å². The number of rotatable bonds is 20. The molecule has 0 aromatic carbocycles. The first-order valence-electron chi connectivity index (χ1n) is 10.5. The fourth-order valence-corrected chi connectivity index (χ4v) is 2.81. The molecule has 0 spiro atoms. The zero-order chi connectivity index (χ0) is 16.8. The Morgan fingerprint density at radius 2 is 0.957 bits per heavy atom. The third-order valence-electron chi connectivity index (χ3n) is 4.40. The summed E-state index contributed by atoms with van der Waals surface area (Å²) in [5, 5.41) is 0. The molecule has 0 unspecified atom stereocenters. The largest absolute Gasteiger partial charge is 0.287 e. The van der Waals surface area contributed by atoms with E-state index in [4.69, 9.17) is 4.84 Å². The maximum absolute atomic E-state index is 5.39. The molecule has 0 heterocycles. The lowest BCUT2D eigenvalue weighted by Gasteiger charge is -2.07. The molecule has 2 N–H and O–H groups in total. The molecule has 0 saturated carbocycles. The van der Waals surface area contributed by atoms with Crippen molar-refractivity contribution in [3.05, 3.63) is 0 Å². The van der Waals surface area contributed by atoms with Crippen molar-refractivity contribution in [2.24, 2.45) is 0 Å². The van der Waals surface area contributed by atoms with Crippen molar-refractivity contribution in [3.8, 4) is 0 Å². The molecule has 0 aliphatic carbocycles. The van der Waals surface area contributed by atoms with Crippen molar-refractivity contribution in [3.63, 3.8) is 0 Å². The van der Waals surface area contributed by atoms with Crippen LogP contribution >= 0.6 is 0 Å². The van der Waals surface area contributed by atoms with Crippen LogP contribution in [0.1, 0.15) is 117 Å². The molecular weight excluding hydrogens is 284 g/mol. The molecule has 0 radical (unpaired) electrons. The van der Waals surface area contributed by atoms with Gasteiger partial charge < -0.3 is 0 Å². The van der Waals surface area contributed by atoms with Crippen LogP contribution in [0.5, 0.6) is 0 Å². The van der Waals surface area contributed by atoms with E-state index in [0.717, 1.165) is 13.2 Å². The lowest BCUT2D eigenvalue weighted by molar-refractivity contribution is 0.00853. The summed E-state index contributed by atoms with van der Waals surface area (Å²) in [6.07, 6.45) is 21.7. The molecular formula is C20H44N2O. The molecule has 0 fully saturated rings. The molecule has 0 saturated heterocycles. The van der Waals surface area contributed by atoms with Gasteiger partial charge in [0.1, 0.15) is 0 Å². The van der Waals surface area contributed by atoms with Crippen LogP contribution in [0, 0.1) is 0 Å². The van der Waals surface area contributed by atoms with Crippen molar-refractivity contribution in [1.82, 2.24) is 11.0 Å². The summed E-state index contributed by atoms with van der Waals surface area (Å²) in [7, 11) is 0. The van der Waals surface area contributed by atoms with E-state index in [1.165, 1.54) is 103 Å². The highest BCUT2D eigenvalue weighted by molar-refractivity contribution is 4.47. The summed E-state index contributed by atoms with van der Waals surface area (Å²) in [6.45, 7) is 6.37. The highest BCUT2D eigenvalue weighted by Gasteiger charge is 1.93. The van der Waals surface area contributed by atoms with Crippen LogP contribution in [0.4, 0.5) is 0 Å². The van der Waals surface area contributed by atoms with Gasteiger partial charge in [0.25, 0.3) is 0 Å². The van der Waals surface area contributed by atoms with Gasteiger partial charge in [-0.05, 0) is 12.8 Å². The number of unbranched alkanes of at least 4 members (excludes halogenated alkanes) is 14. The van der Waals surface area contributed by atoms with Crippen LogP contribution < -0.4 is 11.0 Å². The van der Waals surface area contributed by atoms with Crippen molar-refractivity contribution in [2.45, 2.75) is 117 Å². The minimum atomic E-state index is 0.819. The Bertz CT molecular complexity index is 180. The molecule has 23 heavy (non-hydrogen) atoms. The minimum Gasteiger partial charge on any atom is -0.287 e. The lowest BCUT2D eigenvalue weighted by atomic mass is 10.1. The molecule has 0 aromatic rings. The SMILES string of the molecule is CCCCCCCCCCNNOCCCCCCCCCC. The van der Waals surface area contributed by atoms with E-state index in [2.05, 4.69) is 24.9 Å². The van der Waals surface area contributed by atoms with Crippen molar-refractivity contribution < 1.29 is 4.84 Å². The van der Waals surface area contributed by atoms with E-state index in [-0.39, 0.29) is 0 Å². The van der Waals surface area contributed by atoms with Crippen molar-refractivity contribution in [1.29, 1.82) is 0 Å². The summed E-state index contributed by atoms with van der Waals surface area (Å²) in [4.78, 5) is 5.39. The monoisotopic (exact) mass is 328 g/mol. The van der Waals surface area contributed by atoms with Gasteiger partial charge >= 0.3 is 0 Å². The van der Waals surface area contributed by atoms with Crippen molar-refractivity contribution in [2.75, 3.05) is 13.2 Å². The summed E-state index contributed by atoms with van der Waals surface area (Å²) in [5.41, 5.74) is 6.02. The van der Waals surface area contributed by atoms with E-state index in [1.54, 1.807) is 0 Å². The van der Waals surface area contributed by atoms with Crippen LogP contribution in [0.15, 0.2) is 0 Å². The second-order valence-electron chi connectivity index (χ2n) is 6.83. The van der Waals surface area contributed by atoms with E-state index in [0.29, 0.717) is 0 Å². The number of nitrogens with one attached hydrogen (secondary N) is 2. The molecule has 0 aliphatic rings. The molecule has 0 aliphatic heterocycles.